The number of benzene rings is 1. The lowest BCUT2D eigenvalue weighted by Gasteiger charge is -2.36. The Labute approximate surface area is 129 Å². The predicted octanol–water partition coefficient (Wildman–Crippen LogP) is -0.140. The Bertz CT molecular complexity index is 448. The average Bonchev–Trinajstić information content (AvgIpc) is 2.54. The second kappa shape index (κ2) is 7.89. The van der Waals surface area contributed by atoms with Crippen LogP contribution in [-0.4, -0.2) is 64.7 Å². The fraction of sp³-hybridized carbons (Fsp3) is 0.625. The largest absolute Gasteiger partial charge is 0.497 e. The summed E-state index contributed by atoms with van der Waals surface area (Å²) in [5.41, 5.74) is 1.08. The maximum absolute atomic E-state index is 10.1. The van der Waals surface area contributed by atoms with Gasteiger partial charge in [-0.25, -0.2) is 0 Å². The summed E-state index contributed by atoms with van der Waals surface area (Å²) in [5, 5.41) is 38.9. The van der Waals surface area contributed by atoms with Crippen molar-refractivity contribution < 1.29 is 29.9 Å². The molecule has 0 unspecified atom stereocenters. The quantitative estimate of drug-likeness (QED) is 0.583. The van der Waals surface area contributed by atoms with E-state index >= 15 is 0 Å². The van der Waals surface area contributed by atoms with Gasteiger partial charge < -0.3 is 29.9 Å². The molecule has 124 valence electrons. The summed E-state index contributed by atoms with van der Waals surface area (Å²) in [5.74, 6) is 0.788. The third-order valence-corrected chi connectivity index (χ3v) is 4.04. The minimum Gasteiger partial charge on any atom is -0.497 e. The zero-order chi connectivity index (χ0) is 16.1. The van der Waals surface area contributed by atoms with Crippen LogP contribution in [0, 0.1) is 0 Å². The lowest BCUT2D eigenvalue weighted by molar-refractivity contribution is -0.193. The van der Waals surface area contributed by atoms with Crippen molar-refractivity contribution in [3.05, 3.63) is 29.8 Å². The maximum Gasteiger partial charge on any atom is 0.118 e. The summed E-state index contributed by atoms with van der Waals surface area (Å²) in [6.07, 6.45) is -3.36. The molecule has 5 atom stereocenters. The summed E-state index contributed by atoms with van der Waals surface area (Å²) in [6, 6.07) is 7.62. The third-order valence-electron chi connectivity index (χ3n) is 4.04. The standard InChI is InChI=1S/C16H24O6/c1-21-12-6-3-10(4-7-12)2-5-11(17)8-14-16(20)15(19)13(18)9-22-14/h3-4,6-7,11,13-20H,2,5,8-9H2,1H3/t11-,13+,14-,15-,16-/m0/s1. The van der Waals surface area contributed by atoms with Gasteiger partial charge in [0.2, 0.25) is 0 Å². The molecule has 0 bridgehead atoms. The summed E-state index contributed by atoms with van der Waals surface area (Å²) in [6.45, 7) is -0.0336. The number of methoxy groups -OCH3 is 1. The molecule has 6 heteroatoms. The topological polar surface area (TPSA) is 99.4 Å². The van der Waals surface area contributed by atoms with E-state index in [1.165, 1.54) is 0 Å². The maximum atomic E-state index is 10.1. The molecule has 2 rings (SSSR count). The Hall–Kier alpha value is -1.18. The highest BCUT2D eigenvalue weighted by Crippen LogP contribution is 2.21. The van der Waals surface area contributed by atoms with E-state index in [1.807, 2.05) is 24.3 Å². The Morgan fingerprint density at radius 1 is 1.18 bits per heavy atom. The molecule has 1 saturated heterocycles. The normalized spacial score (nSPS) is 30.0. The van der Waals surface area contributed by atoms with Crippen LogP contribution < -0.4 is 4.74 Å². The van der Waals surface area contributed by atoms with Crippen molar-refractivity contribution in [3.63, 3.8) is 0 Å². The van der Waals surface area contributed by atoms with E-state index in [-0.39, 0.29) is 13.0 Å². The van der Waals surface area contributed by atoms with Crippen LogP contribution in [0.2, 0.25) is 0 Å². The van der Waals surface area contributed by atoms with Crippen LogP contribution in [0.25, 0.3) is 0 Å². The van der Waals surface area contributed by atoms with Gasteiger partial charge in [-0.05, 0) is 30.5 Å². The van der Waals surface area contributed by atoms with Crippen LogP contribution in [0.15, 0.2) is 24.3 Å². The summed E-state index contributed by atoms with van der Waals surface area (Å²) >= 11 is 0. The molecule has 1 fully saturated rings. The number of ether oxygens (including phenoxy) is 2. The first-order valence-corrected chi connectivity index (χ1v) is 7.48. The highest BCUT2D eigenvalue weighted by atomic mass is 16.5. The van der Waals surface area contributed by atoms with Crippen LogP contribution in [0.3, 0.4) is 0 Å². The Balaban J connectivity index is 1.78. The van der Waals surface area contributed by atoms with E-state index in [2.05, 4.69) is 0 Å². The third kappa shape index (κ3) is 4.41. The summed E-state index contributed by atoms with van der Waals surface area (Å²) in [4.78, 5) is 0. The lowest BCUT2D eigenvalue weighted by atomic mass is 9.94. The molecule has 1 aromatic rings. The molecule has 1 aliphatic rings. The van der Waals surface area contributed by atoms with Gasteiger partial charge in [0.1, 0.15) is 24.1 Å². The van der Waals surface area contributed by atoms with Gasteiger partial charge in [-0.3, -0.25) is 0 Å². The number of hydrogen-bond donors (Lipinski definition) is 4. The van der Waals surface area contributed by atoms with Gasteiger partial charge in [0.05, 0.1) is 25.9 Å². The van der Waals surface area contributed by atoms with Gasteiger partial charge in [-0.1, -0.05) is 12.1 Å². The van der Waals surface area contributed by atoms with Gasteiger partial charge in [-0.15, -0.1) is 0 Å². The first-order chi connectivity index (χ1) is 10.5. The molecule has 4 N–H and O–H groups in total. The smallest absolute Gasteiger partial charge is 0.118 e. The van der Waals surface area contributed by atoms with E-state index in [0.717, 1.165) is 11.3 Å². The number of rotatable bonds is 6. The molecule has 0 saturated carbocycles. The number of aliphatic hydroxyl groups is 4. The van der Waals surface area contributed by atoms with Gasteiger partial charge in [0, 0.05) is 6.42 Å². The van der Waals surface area contributed by atoms with Crippen molar-refractivity contribution in [1.82, 2.24) is 0 Å². The van der Waals surface area contributed by atoms with Gasteiger partial charge in [-0.2, -0.15) is 0 Å². The van der Waals surface area contributed by atoms with Crippen LogP contribution in [0.4, 0.5) is 0 Å². The molecule has 0 spiro atoms. The Kier molecular flexibility index (Phi) is 6.16. The first-order valence-electron chi connectivity index (χ1n) is 7.48. The van der Waals surface area contributed by atoms with Crippen molar-refractivity contribution in [3.8, 4) is 5.75 Å². The van der Waals surface area contributed by atoms with E-state index in [1.54, 1.807) is 7.11 Å². The van der Waals surface area contributed by atoms with Crippen LogP contribution in [0.5, 0.6) is 5.75 Å². The lowest BCUT2D eigenvalue weighted by Crippen LogP contribution is -2.53. The van der Waals surface area contributed by atoms with Crippen molar-refractivity contribution in [1.29, 1.82) is 0 Å². The number of aryl methyl sites for hydroxylation is 1. The minimum absolute atomic E-state index is 0.0336. The zero-order valence-corrected chi connectivity index (χ0v) is 12.6. The van der Waals surface area contributed by atoms with E-state index in [0.29, 0.717) is 12.8 Å². The van der Waals surface area contributed by atoms with Crippen molar-refractivity contribution >= 4 is 0 Å². The Morgan fingerprint density at radius 3 is 2.50 bits per heavy atom. The fourth-order valence-electron chi connectivity index (χ4n) is 2.59. The molecule has 22 heavy (non-hydrogen) atoms. The Morgan fingerprint density at radius 2 is 1.86 bits per heavy atom. The second-order valence-corrected chi connectivity index (χ2v) is 5.70. The van der Waals surface area contributed by atoms with E-state index in [9.17, 15) is 20.4 Å². The van der Waals surface area contributed by atoms with Crippen LogP contribution >= 0.6 is 0 Å². The predicted molar refractivity (Wildman–Crippen MR) is 79.7 cm³/mol. The second-order valence-electron chi connectivity index (χ2n) is 5.70. The molecule has 0 radical (unpaired) electrons. The van der Waals surface area contributed by atoms with Crippen LogP contribution in [-0.2, 0) is 11.2 Å². The van der Waals surface area contributed by atoms with Crippen molar-refractivity contribution in [2.24, 2.45) is 0 Å². The van der Waals surface area contributed by atoms with E-state index in [4.69, 9.17) is 9.47 Å². The molecule has 1 aromatic carbocycles. The molecular weight excluding hydrogens is 288 g/mol. The highest BCUT2D eigenvalue weighted by Gasteiger charge is 2.38. The van der Waals surface area contributed by atoms with Crippen molar-refractivity contribution in [2.45, 2.75) is 49.8 Å². The zero-order valence-electron chi connectivity index (χ0n) is 12.6. The molecular formula is C16H24O6. The minimum atomic E-state index is -1.23. The molecule has 0 aliphatic carbocycles. The molecule has 1 aliphatic heterocycles. The molecule has 0 amide bonds. The highest BCUT2D eigenvalue weighted by molar-refractivity contribution is 5.27. The van der Waals surface area contributed by atoms with Crippen molar-refractivity contribution in [2.75, 3.05) is 13.7 Å². The van der Waals surface area contributed by atoms with Crippen LogP contribution in [0.1, 0.15) is 18.4 Å². The van der Waals surface area contributed by atoms with Gasteiger partial charge in [0.15, 0.2) is 0 Å². The number of aliphatic hydroxyl groups excluding tert-OH is 4. The number of hydrogen-bond acceptors (Lipinski definition) is 6. The SMILES string of the molecule is COc1ccc(CC[C@H](O)C[C@@H]2OC[C@@H](O)[C@H](O)[C@H]2O)cc1. The fourth-order valence-corrected chi connectivity index (χ4v) is 2.59. The van der Waals surface area contributed by atoms with Gasteiger partial charge in [0.25, 0.3) is 0 Å². The summed E-state index contributed by atoms with van der Waals surface area (Å²) in [7, 11) is 1.61. The average molecular weight is 312 g/mol. The van der Waals surface area contributed by atoms with E-state index < -0.39 is 30.5 Å². The first kappa shape index (κ1) is 17.2. The van der Waals surface area contributed by atoms with Gasteiger partial charge >= 0.3 is 0 Å². The molecule has 1 heterocycles. The summed E-state index contributed by atoms with van der Waals surface area (Å²) < 4.78 is 10.4. The monoisotopic (exact) mass is 312 g/mol. The molecule has 0 aromatic heterocycles. The molecule has 6 nitrogen and oxygen atoms in total.